The largest absolute Gasteiger partial charge is 0.381 e. The lowest BCUT2D eigenvalue weighted by Crippen LogP contribution is -2.04. The molecule has 1 N–H and O–H groups in total. The Morgan fingerprint density at radius 3 is 2.55 bits per heavy atom. The Morgan fingerprint density at radius 1 is 1.15 bits per heavy atom. The summed E-state index contributed by atoms with van der Waals surface area (Å²) in [6, 6.07) is 7.59. The summed E-state index contributed by atoms with van der Waals surface area (Å²) in [5.41, 5.74) is 1.24. The molecular weight excluding hydrogens is 266 g/mol. The minimum atomic E-state index is -0.576. The van der Waals surface area contributed by atoms with Crippen molar-refractivity contribution in [1.82, 2.24) is 0 Å². The average Bonchev–Trinajstić information content (AvgIpc) is 2.35. The van der Waals surface area contributed by atoms with E-state index in [9.17, 15) is 18.9 Å². The molecule has 2 aromatic carbocycles. The molecule has 104 valence electrons. The van der Waals surface area contributed by atoms with E-state index in [0.717, 1.165) is 23.8 Å². The molecule has 0 bridgehead atoms. The quantitative estimate of drug-likeness (QED) is 0.683. The Morgan fingerprint density at radius 2 is 1.90 bits per heavy atom. The number of nitrogens with one attached hydrogen (secondary N) is 1. The third-order valence-corrected chi connectivity index (χ3v) is 2.76. The molecule has 20 heavy (non-hydrogen) atoms. The number of aryl methyl sites for hydroxylation is 1. The van der Waals surface area contributed by atoms with Crippen molar-refractivity contribution < 1.29 is 13.7 Å². The number of nitrogens with zero attached hydrogens (tertiary/aromatic N) is 1. The molecule has 0 aliphatic rings. The summed E-state index contributed by atoms with van der Waals surface area (Å²) in [6.07, 6.45) is 0. The van der Waals surface area contributed by atoms with Crippen molar-refractivity contribution in [3.8, 4) is 0 Å². The average molecular weight is 278 g/mol. The number of anilines is 1. The number of nitro groups is 1. The van der Waals surface area contributed by atoms with Crippen LogP contribution in [0.1, 0.15) is 11.1 Å². The van der Waals surface area contributed by atoms with E-state index in [1.807, 2.05) is 0 Å². The molecule has 0 aliphatic heterocycles. The zero-order chi connectivity index (χ0) is 14.7. The molecule has 6 heteroatoms. The molecule has 0 fully saturated rings. The zero-order valence-electron chi connectivity index (χ0n) is 10.7. The first kappa shape index (κ1) is 13.9. The van der Waals surface area contributed by atoms with Crippen LogP contribution in [0.25, 0.3) is 0 Å². The van der Waals surface area contributed by atoms with Crippen molar-refractivity contribution in [3.05, 3.63) is 69.3 Å². The second kappa shape index (κ2) is 5.64. The molecule has 2 rings (SSSR count). The summed E-state index contributed by atoms with van der Waals surface area (Å²) in [5, 5.41) is 13.7. The fraction of sp³-hybridized carbons (Fsp3) is 0.143. The van der Waals surface area contributed by atoms with Crippen molar-refractivity contribution in [1.29, 1.82) is 0 Å². The van der Waals surface area contributed by atoms with Gasteiger partial charge in [-0.25, -0.2) is 8.78 Å². The Bertz CT molecular complexity index is 639. The van der Waals surface area contributed by atoms with Gasteiger partial charge in [0.1, 0.15) is 11.6 Å². The summed E-state index contributed by atoms with van der Waals surface area (Å²) in [5.74, 6) is -0.955. The van der Waals surface area contributed by atoms with E-state index in [0.29, 0.717) is 5.69 Å². The second-order valence-electron chi connectivity index (χ2n) is 4.40. The van der Waals surface area contributed by atoms with Gasteiger partial charge in [-0.15, -0.1) is 0 Å². The third-order valence-electron chi connectivity index (χ3n) is 2.76. The molecule has 0 atom stereocenters. The smallest absolute Gasteiger partial charge is 0.274 e. The topological polar surface area (TPSA) is 55.2 Å². The van der Waals surface area contributed by atoms with Gasteiger partial charge in [0.15, 0.2) is 0 Å². The van der Waals surface area contributed by atoms with Gasteiger partial charge in [0.25, 0.3) is 5.69 Å². The van der Waals surface area contributed by atoms with Crippen molar-refractivity contribution >= 4 is 11.4 Å². The molecule has 2 aromatic rings. The highest BCUT2D eigenvalue weighted by Crippen LogP contribution is 2.21. The highest BCUT2D eigenvalue weighted by molar-refractivity contribution is 5.49. The molecule has 0 unspecified atom stereocenters. The van der Waals surface area contributed by atoms with Crippen LogP contribution in [0.3, 0.4) is 0 Å². The van der Waals surface area contributed by atoms with Crippen LogP contribution >= 0.6 is 0 Å². The maximum absolute atomic E-state index is 13.2. The fourth-order valence-corrected chi connectivity index (χ4v) is 1.91. The number of nitro benzene ring substituents is 1. The fourth-order valence-electron chi connectivity index (χ4n) is 1.91. The minimum absolute atomic E-state index is 0.0387. The van der Waals surface area contributed by atoms with E-state index >= 15 is 0 Å². The summed E-state index contributed by atoms with van der Waals surface area (Å²) in [7, 11) is 0. The number of rotatable bonds is 4. The molecule has 0 aromatic heterocycles. The lowest BCUT2D eigenvalue weighted by molar-refractivity contribution is -0.385. The molecule has 4 nitrogen and oxygen atoms in total. The molecule has 0 saturated heterocycles. The van der Waals surface area contributed by atoms with Gasteiger partial charge in [-0.2, -0.15) is 0 Å². The SMILES string of the molecule is Cc1cc(F)cc(NCc2cc(F)ccc2[N+](=O)[O-])c1. The van der Waals surface area contributed by atoms with Gasteiger partial charge in [0.2, 0.25) is 0 Å². The first-order valence-corrected chi connectivity index (χ1v) is 5.89. The van der Waals surface area contributed by atoms with Crippen LogP contribution < -0.4 is 5.32 Å². The summed E-state index contributed by atoms with van der Waals surface area (Å²) < 4.78 is 26.4. The highest BCUT2D eigenvalue weighted by atomic mass is 19.1. The highest BCUT2D eigenvalue weighted by Gasteiger charge is 2.14. The van der Waals surface area contributed by atoms with Gasteiger partial charge < -0.3 is 5.32 Å². The summed E-state index contributed by atoms with van der Waals surface area (Å²) >= 11 is 0. The molecule has 0 radical (unpaired) electrons. The van der Waals surface area contributed by atoms with Crippen molar-refractivity contribution in [2.45, 2.75) is 13.5 Å². The lowest BCUT2D eigenvalue weighted by Gasteiger charge is -2.08. The summed E-state index contributed by atoms with van der Waals surface area (Å²) in [6.45, 7) is 1.77. The number of hydrogen-bond donors (Lipinski definition) is 1. The van der Waals surface area contributed by atoms with Crippen LogP contribution in [0.5, 0.6) is 0 Å². The maximum atomic E-state index is 13.2. The number of benzene rings is 2. The van der Waals surface area contributed by atoms with Gasteiger partial charge in [0, 0.05) is 18.3 Å². The zero-order valence-corrected chi connectivity index (χ0v) is 10.7. The van der Waals surface area contributed by atoms with Crippen LogP contribution in [0, 0.1) is 28.7 Å². The predicted octanol–water partition coefficient (Wildman–Crippen LogP) is 3.79. The van der Waals surface area contributed by atoms with Gasteiger partial charge in [-0.3, -0.25) is 10.1 Å². The van der Waals surface area contributed by atoms with Crippen LogP contribution in [-0.2, 0) is 6.54 Å². The number of halogens is 2. The minimum Gasteiger partial charge on any atom is -0.381 e. The van der Waals surface area contributed by atoms with Crippen molar-refractivity contribution in [2.75, 3.05) is 5.32 Å². The van der Waals surface area contributed by atoms with Crippen LogP contribution in [0.2, 0.25) is 0 Å². The molecule has 0 aliphatic carbocycles. The summed E-state index contributed by atoms with van der Waals surface area (Å²) in [4.78, 5) is 10.3. The first-order chi connectivity index (χ1) is 9.45. The third kappa shape index (κ3) is 3.28. The van der Waals surface area contributed by atoms with Gasteiger partial charge >= 0.3 is 0 Å². The van der Waals surface area contributed by atoms with Crippen LogP contribution in [0.4, 0.5) is 20.2 Å². The Balaban J connectivity index is 2.22. The van der Waals surface area contributed by atoms with E-state index in [1.54, 1.807) is 13.0 Å². The Kier molecular flexibility index (Phi) is 3.93. The Hall–Kier alpha value is -2.50. The van der Waals surface area contributed by atoms with Gasteiger partial charge in [0.05, 0.1) is 10.5 Å². The van der Waals surface area contributed by atoms with Crippen molar-refractivity contribution in [3.63, 3.8) is 0 Å². The van der Waals surface area contributed by atoms with E-state index in [4.69, 9.17) is 0 Å². The molecule has 0 spiro atoms. The van der Waals surface area contributed by atoms with Gasteiger partial charge in [-0.1, -0.05) is 0 Å². The molecule has 0 heterocycles. The van der Waals surface area contributed by atoms with E-state index in [-0.39, 0.29) is 17.8 Å². The lowest BCUT2D eigenvalue weighted by atomic mass is 10.1. The standard InChI is InChI=1S/C14H12F2N2O2/c1-9-4-12(16)7-13(5-9)17-8-10-6-11(15)2-3-14(10)18(19)20/h2-7,17H,8H2,1H3. The molecular formula is C14H12F2N2O2. The normalized spacial score (nSPS) is 10.3. The number of hydrogen-bond acceptors (Lipinski definition) is 3. The molecule has 0 saturated carbocycles. The Labute approximate surface area is 114 Å². The monoisotopic (exact) mass is 278 g/mol. The molecule has 0 amide bonds. The second-order valence-corrected chi connectivity index (χ2v) is 4.40. The van der Waals surface area contributed by atoms with Crippen molar-refractivity contribution in [2.24, 2.45) is 0 Å². The predicted molar refractivity (Wildman–Crippen MR) is 71.5 cm³/mol. The van der Waals surface area contributed by atoms with Gasteiger partial charge in [-0.05, 0) is 42.8 Å². The van der Waals surface area contributed by atoms with E-state index < -0.39 is 16.6 Å². The van der Waals surface area contributed by atoms with E-state index in [2.05, 4.69) is 5.32 Å². The van der Waals surface area contributed by atoms with E-state index in [1.165, 1.54) is 12.1 Å². The van der Waals surface area contributed by atoms with Crippen LogP contribution in [-0.4, -0.2) is 4.92 Å². The first-order valence-electron chi connectivity index (χ1n) is 5.89. The van der Waals surface area contributed by atoms with Crippen LogP contribution in [0.15, 0.2) is 36.4 Å². The maximum Gasteiger partial charge on any atom is 0.274 e.